The number of fused-ring (bicyclic) bond motifs is 1. The number of aromatic nitrogens is 1. The second-order valence-corrected chi connectivity index (χ2v) is 7.01. The van der Waals surface area contributed by atoms with Crippen molar-refractivity contribution >= 4 is 34.6 Å². The van der Waals surface area contributed by atoms with Crippen LogP contribution in [0.25, 0.3) is 10.9 Å². The predicted molar refractivity (Wildman–Crippen MR) is 104 cm³/mol. The molecule has 3 N–H and O–H groups in total. The van der Waals surface area contributed by atoms with E-state index >= 15 is 0 Å². The molecule has 0 saturated heterocycles. The third-order valence-electron chi connectivity index (χ3n) is 5.05. The number of anilines is 1. The van der Waals surface area contributed by atoms with Crippen molar-refractivity contribution in [3.8, 4) is 0 Å². The number of urea groups is 1. The van der Waals surface area contributed by atoms with Gasteiger partial charge in [-0.25, -0.2) is 4.79 Å². The van der Waals surface area contributed by atoms with Gasteiger partial charge in [-0.1, -0.05) is 0 Å². The van der Waals surface area contributed by atoms with Gasteiger partial charge in [-0.2, -0.15) is 0 Å². The van der Waals surface area contributed by atoms with Gasteiger partial charge in [0.1, 0.15) is 6.54 Å². The van der Waals surface area contributed by atoms with Crippen molar-refractivity contribution in [1.82, 2.24) is 9.88 Å². The van der Waals surface area contributed by atoms with Gasteiger partial charge < -0.3 is 25.0 Å². The van der Waals surface area contributed by atoms with E-state index in [0.717, 1.165) is 10.9 Å². The molecule has 0 aliphatic heterocycles. The first-order valence-electron chi connectivity index (χ1n) is 9.51. The van der Waals surface area contributed by atoms with Crippen molar-refractivity contribution in [2.24, 2.45) is 5.92 Å². The maximum absolute atomic E-state index is 12.2. The average Bonchev–Trinajstić information content (AvgIpc) is 3.04. The van der Waals surface area contributed by atoms with E-state index in [1.165, 1.54) is 0 Å². The quantitative estimate of drug-likeness (QED) is 0.660. The summed E-state index contributed by atoms with van der Waals surface area (Å²) < 4.78 is 6.78. The van der Waals surface area contributed by atoms with Gasteiger partial charge in [-0.3, -0.25) is 9.59 Å². The van der Waals surface area contributed by atoms with Gasteiger partial charge in [0, 0.05) is 28.8 Å². The second-order valence-electron chi connectivity index (χ2n) is 7.01. The van der Waals surface area contributed by atoms with Gasteiger partial charge in [0.2, 0.25) is 0 Å². The first kappa shape index (κ1) is 19.7. The van der Waals surface area contributed by atoms with E-state index in [1.54, 1.807) is 17.6 Å². The Balaban J connectivity index is 1.56. The van der Waals surface area contributed by atoms with Crippen LogP contribution in [0.2, 0.25) is 0 Å². The monoisotopic (exact) mass is 387 g/mol. The smallest absolute Gasteiger partial charge is 0.325 e. The van der Waals surface area contributed by atoms with E-state index in [1.807, 2.05) is 24.4 Å². The number of rotatable bonds is 6. The van der Waals surface area contributed by atoms with Gasteiger partial charge in [-0.15, -0.1) is 0 Å². The minimum atomic E-state index is -0.758. The fraction of sp³-hybridized carbons (Fsp3) is 0.450. The number of hydrogen-bond acceptors (Lipinski definition) is 4. The number of aliphatic carboxylic acids is 1. The number of carboxylic acids is 1. The highest BCUT2D eigenvalue weighted by Crippen LogP contribution is 2.25. The van der Waals surface area contributed by atoms with E-state index < -0.39 is 5.97 Å². The topological polar surface area (TPSA) is 110 Å². The van der Waals surface area contributed by atoms with Gasteiger partial charge >= 0.3 is 18.0 Å². The number of nitrogens with zero attached hydrogens (tertiary/aromatic N) is 1. The molecule has 150 valence electrons. The molecule has 8 nitrogen and oxygen atoms in total. The van der Waals surface area contributed by atoms with Crippen LogP contribution in [0, 0.1) is 5.92 Å². The molecule has 28 heavy (non-hydrogen) atoms. The molecule has 0 atom stereocenters. The Labute approximate surface area is 162 Å². The molecular weight excluding hydrogens is 362 g/mol. The zero-order chi connectivity index (χ0) is 20.1. The van der Waals surface area contributed by atoms with Crippen molar-refractivity contribution in [3.63, 3.8) is 0 Å². The number of carbonyl (C=O) groups is 3. The van der Waals surface area contributed by atoms with Gasteiger partial charge in [0.15, 0.2) is 0 Å². The SMILES string of the molecule is CCOC(=O)Cn1ccc2cc(NC(=O)NC3CCC(C(=O)O)CC3)ccc21. The van der Waals surface area contributed by atoms with E-state index in [-0.39, 0.29) is 30.5 Å². The summed E-state index contributed by atoms with van der Waals surface area (Å²) in [6, 6.07) is 7.05. The molecule has 0 unspecified atom stereocenters. The van der Waals surface area contributed by atoms with E-state index in [0.29, 0.717) is 38.0 Å². The zero-order valence-corrected chi connectivity index (χ0v) is 15.8. The summed E-state index contributed by atoms with van der Waals surface area (Å²) in [5.74, 6) is -1.35. The highest BCUT2D eigenvalue weighted by Gasteiger charge is 2.26. The third kappa shape index (κ3) is 4.82. The number of ether oxygens (including phenoxy) is 1. The maximum Gasteiger partial charge on any atom is 0.325 e. The molecule has 8 heteroatoms. The number of carboxylic acid groups (broad SMARTS) is 1. The van der Waals surface area contributed by atoms with E-state index in [9.17, 15) is 14.4 Å². The first-order valence-corrected chi connectivity index (χ1v) is 9.51. The van der Waals surface area contributed by atoms with Crippen LogP contribution < -0.4 is 10.6 Å². The second kappa shape index (κ2) is 8.77. The zero-order valence-electron chi connectivity index (χ0n) is 15.8. The van der Waals surface area contributed by atoms with Crippen molar-refractivity contribution < 1.29 is 24.2 Å². The Hall–Kier alpha value is -3.03. The summed E-state index contributed by atoms with van der Waals surface area (Å²) in [6.07, 6.45) is 4.31. The highest BCUT2D eigenvalue weighted by atomic mass is 16.5. The molecule has 0 radical (unpaired) electrons. The van der Waals surface area contributed by atoms with Gasteiger partial charge in [0.05, 0.1) is 12.5 Å². The van der Waals surface area contributed by atoms with Crippen molar-refractivity contribution in [1.29, 1.82) is 0 Å². The normalized spacial score (nSPS) is 19.2. The molecule has 2 aromatic rings. The summed E-state index contributed by atoms with van der Waals surface area (Å²) in [7, 11) is 0. The lowest BCUT2D eigenvalue weighted by Crippen LogP contribution is -2.40. The average molecular weight is 387 g/mol. The van der Waals surface area contributed by atoms with Crippen molar-refractivity contribution in [3.05, 3.63) is 30.5 Å². The van der Waals surface area contributed by atoms with Crippen LogP contribution in [0.4, 0.5) is 10.5 Å². The maximum atomic E-state index is 12.2. The Morgan fingerprint density at radius 3 is 2.61 bits per heavy atom. The molecule has 1 aromatic carbocycles. The summed E-state index contributed by atoms with van der Waals surface area (Å²) in [5, 5.41) is 15.7. The molecule has 1 saturated carbocycles. The largest absolute Gasteiger partial charge is 0.481 e. The molecule has 1 heterocycles. The summed E-state index contributed by atoms with van der Waals surface area (Å²) in [4.78, 5) is 34.9. The number of esters is 1. The van der Waals surface area contributed by atoms with Crippen molar-refractivity contribution in [2.45, 2.75) is 45.2 Å². The van der Waals surface area contributed by atoms with Crippen molar-refractivity contribution in [2.75, 3.05) is 11.9 Å². The summed E-state index contributed by atoms with van der Waals surface area (Å²) in [6.45, 7) is 2.26. The lowest BCUT2D eigenvalue weighted by Gasteiger charge is -2.26. The number of benzene rings is 1. The minimum absolute atomic E-state index is 0.00927. The van der Waals surface area contributed by atoms with Crippen LogP contribution in [-0.4, -0.2) is 40.3 Å². The summed E-state index contributed by atoms with van der Waals surface area (Å²) >= 11 is 0. The lowest BCUT2D eigenvalue weighted by atomic mass is 9.86. The number of hydrogen-bond donors (Lipinski definition) is 3. The Morgan fingerprint density at radius 2 is 1.93 bits per heavy atom. The molecule has 1 aliphatic carbocycles. The van der Waals surface area contributed by atoms with Crippen LogP contribution in [0.1, 0.15) is 32.6 Å². The predicted octanol–water partition coefficient (Wildman–Crippen LogP) is 2.97. The lowest BCUT2D eigenvalue weighted by molar-refractivity contribution is -0.144. The molecule has 0 spiro atoms. The first-order chi connectivity index (χ1) is 13.5. The van der Waals surface area contributed by atoms with Gasteiger partial charge in [-0.05, 0) is 56.9 Å². The van der Waals surface area contributed by atoms with Crippen LogP contribution in [0.15, 0.2) is 30.5 Å². The Bertz CT molecular complexity index is 868. The van der Waals surface area contributed by atoms with E-state index in [4.69, 9.17) is 9.84 Å². The molecule has 3 rings (SSSR count). The van der Waals surface area contributed by atoms with Crippen LogP contribution in [0.5, 0.6) is 0 Å². The van der Waals surface area contributed by atoms with E-state index in [2.05, 4.69) is 10.6 Å². The molecule has 2 amide bonds. The fourth-order valence-corrected chi connectivity index (χ4v) is 3.60. The Kier molecular flexibility index (Phi) is 6.18. The molecule has 1 fully saturated rings. The fourth-order valence-electron chi connectivity index (χ4n) is 3.60. The number of nitrogens with one attached hydrogen (secondary N) is 2. The molecule has 1 aromatic heterocycles. The number of carbonyl (C=O) groups excluding carboxylic acids is 2. The van der Waals surface area contributed by atoms with Crippen LogP contribution in [0.3, 0.4) is 0 Å². The Morgan fingerprint density at radius 1 is 1.18 bits per heavy atom. The standard InChI is InChI=1S/C20H25N3O5/c1-2-28-18(24)12-23-10-9-14-11-16(7-8-17(14)23)22-20(27)21-15-5-3-13(4-6-15)19(25)26/h7-11,13,15H,2-6,12H2,1H3,(H,25,26)(H2,21,22,27). The molecule has 1 aliphatic rings. The minimum Gasteiger partial charge on any atom is -0.481 e. The molecular formula is C20H25N3O5. The van der Waals surface area contributed by atoms with Crippen LogP contribution >= 0.6 is 0 Å². The van der Waals surface area contributed by atoms with Crippen LogP contribution in [-0.2, 0) is 20.9 Å². The third-order valence-corrected chi connectivity index (χ3v) is 5.05. The molecule has 0 bridgehead atoms. The number of amides is 2. The van der Waals surface area contributed by atoms with Gasteiger partial charge in [0.25, 0.3) is 0 Å². The summed E-state index contributed by atoms with van der Waals surface area (Å²) in [5.41, 5.74) is 1.53. The highest BCUT2D eigenvalue weighted by molar-refractivity contribution is 5.93.